The molecule has 4 N–H and O–H groups in total. The summed E-state index contributed by atoms with van der Waals surface area (Å²) in [6.07, 6.45) is 0. The Bertz CT molecular complexity index is 880. The maximum Gasteiger partial charge on any atom is 1.00 e. The third-order valence-corrected chi connectivity index (χ3v) is 3.28. The van der Waals surface area contributed by atoms with Crippen molar-refractivity contribution in [1.82, 2.24) is 0 Å². The van der Waals surface area contributed by atoms with Crippen LogP contribution in [0.3, 0.4) is 0 Å². The van der Waals surface area contributed by atoms with Gasteiger partial charge in [0.05, 0.1) is 22.3 Å². The van der Waals surface area contributed by atoms with Crippen molar-refractivity contribution in [2.24, 2.45) is 0 Å². The molecule has 0 spiro atoms. The first-order chi connectivity index (χ1) is 11.3. The van der Waals surface area contributed by atoms with Gasteiger partial charge in [-0.15, -0.1) is 0 Å². The molecule has 0 radical (unpaired) electrons. The van der Waals surface area contributed by atoms with Crippen LogP contribution in [0, 0.1) is 0 Å². The Kier molecular flexibility index (Phi) is 6.46. The number of hydrogen-bond acceptors (Lipinski definition) is 4. The molecule has 0 aliphatic carbocycles. The van der Waals surface area contributed by atoms with Gasteiger partial charge in [-0.2, -0.15) is 0 Å². The summed E-state index contributed by atoms with van der Waals surface area (Å²) in [5.74, 6) is -7.04. The van der Waals surface area contributed by atoms with Gasteiger partial charge in [0.1, 0.15) is 0 Å². The smallest absolute Gasteiger partial charge is 1.00 e. The fraction of sp³-hybridized carbons (Fsp3) is 0. The molecule has 0 aliphatic rings. The van der Waals surface area contributed by atoms with Gasteiger partial charge in [0.25, 0.3) is 0 Å². The van der Waals surface area contributed by atoms with Crippen LogP contribution in [0.4, 0.5) is 0 Å². The van der Waals surface area contributed by atoms with Crippen LogP contribution < -0.4 is 29.6 Å². The summed E-state index contributed by atoms with van der Waals surface area (Å²) in [4.78, 5) is 45.8. The van der Waals surface area contributed by atoms with Crippen molar-refractivity contribution < 1.29 is 70.6 Å². The van der Waals surface area contributed by atoms with E-state index in [1.807, 2.05) is 0 Å². The number of carboxylic acid groups (broad SMARTS) is 4. The first-order valence-electron chi connectivity index (χ1n) is 6.45. The van der Waals surface area contributed by atoms with Crippen LogP contribution in [-0.4, -0.2) is 44.3 Å². The van der Waals surface area contributed by atoms with Crippen molar-refractivity contribution in [2.75, 3.05) is 0 Å². The number of hydrogen-bond donors (Lipinski definition) is 4. The molecule has 0 heterocycles. The number of aromatic carboxylic acids is 4. The molecule has 0 amide bonds. The van der Waals surface area contributed by atoms with Crippen LogP contribution in [0.25, 0.3) is 11.1 Å². The van der Waals surface area contributed by atoms with Crippen LogP contribution >= 0.6 is 0 Å². The van der Waals surface area contributed by atoms with Gasteiger partial charge in [-0.1, -0.05) is 30.3 Å². The third kappa shape index (κ3) is 3.87. The van der Waals surface area contributed by atoms with Crippen LogP contribution in [0.15, 0.2) is 36.4 Å². The summed E-state index contributed by atoms with van der Waals surface area (Å²) < 4.78 is 0. The van der Waals surface area contributed by atoms with E-state index in [4.69, 9.17) is 0 Å². The van der Waals surface area contributed by atoms with E-state index in [2.05, 4.69) is 0 Å². The minimum Gasteiger partial charge on any atom is -1.00 e. The zero-order valence-corrected chi connectivity index (χ0v) is 14.9. The van der Waals surface area contributed by atoms with E-state index < -0.39 is 46.1 Å². The van der Waals surface area contributed by atoms with E-state index in [0.717, 1.165) is 6.07 Å². The molecule has 2 rings (SSSR count). The summed E-state index contributed by atoms with van der Waals surface area (Å²) in [7, 11) is 0. The standard InChI is InChI=1S/C16H10O8.Na.H/c17-13(18)9-6-8(7-4-2-1-3-5-7)10(14(19)20)12(16(23)24)11(9)15(21)22;;/h1-6H,(H,17,18)(H,19,20)(H,21,22)(H,23,24);;/q;+1;-1. The summed E-state index contributed by atoms with van der Waals surface area (Å²) in [6, 6.07) is 8.50. The molecule has 0 saturated heterocycles. The van der Waals surface area contributed by atoms with Gasteiger partial charge in [-0.05, 0) is 17.2 Å². The average molecular weight is 354 g/mol. The molecule has 2 aromatic rings. The fourth-order valence-electron chi connectivity index (χ4n) is 2.36. The largest absolute Gasteiger partial charge is 1.00 e. The average Bonchev–Trinajstić information content (AvgIpc) is 2.53. The van der Waals surface area contributed by atoms with Crippen LogP contribution in [0.5, 0.6) is 0 Å². The Morgan fingerprint density at radius 2 is 1.16 bits per heavy atom. The molecule has 0 bridgehead atoms. The zero-order valence-electron chi connectivity index (χ0n) is 13.9. The zero-order chi connectivity index (χ0) is 18.0. The van der Waals surface area contributed by atoms with Crippen LogP contribution in [0.1, 0.15) is 42.9 Å². The summed E-state index contributed by atoms with van der Waals surface area (Å²) >= 11 is 0. The molecule has 0 saturated carbocycles. The minimum atomic E-state index is -1.84. The predicted octanol–water partition coefficient (Wildman–Crippen LogP) is -0.737. The first kappa shape index (κ1) is 20.4. The SMILES string of the molecule is O=C(O)c1cc(-c2ccccc2)c(C(=O)O)c(C(=O)O)c1C(=O)O.[H-].[Na+]. The molecule has 0 atom stereocenters. The van der Waals surface area contributed by atoms with E-state index in [9.17, 15) is 39.6 Å². The van der Waals surface area contributed by atoms with Gasteiger partial charge in [-0.25, -0.2) is 19.2 Å². The van der Waals surface area contributed by atoms with E-state index in [0.29, 0.717) is 0 Å². The van der Waals surface area contributed by atoms with Gasteiger partial charge in [-0.3, -0.25) is 0 Å². The molecule has 0 aromatic heterocycles. The van der Waals surface area contributed by atoms with E-state index >= 15 is 0 Å². The number of benzene rings is 2. The van der Waals surface area contributed by atoms with Crippen molar-refractivity contribution in [1.29, 1.82) is 0 Å². The first-order valence-corrected chi connectivity index (χ1v) is 6.45. The Hall–Kier alpha value is -2.68. The van der Waals surface area contributed by atoms with E-state index in [-0.39, 0.29) is 42.1 Å². The van der Waals surface area contributed by atoms with Crippen molar-refractivity contribution in [3.63, 3.8) is 0 Å². The maximum absolute atomic E-state index is 11.6. The van der Waals surface area contributed by atoms with Gasteiger partial charge in [0, 0.05) is 0 Å². The van der Waals surface area contributed by atoms with Crippen molar-refractivity contribution in [3.8, 4) is 11.1 Å². The third-order valence-electron chi connectivity index (χ3n) is 3.28. The van der Waals surface area contributed by atoms with Crippen LogP contribution in [-0.2, 0) is 0 Å². The van der Waals surface area contributed by atoms with Gasteiger partial charge in [0.15, 0.2) is 0 Å². The Labute approximate surface area is 164 Å². The van der Waals surface area contributed by atoms with Crippen molar-refractivity contribution >= 4 is 23.9 Å². The van der Waals surface area contributed by atoms with Gasteiger partial charge >= 0.3 is 53.4 Å². The fourth-order valence-corrected chi connectivity index (χ4v) is 2.36. The topological polar surface area (TPSA) is 149 Å². The summed E-state index contributed by atoms with van der Waals surface area (Å²) in [6.45, 7) is 0. The number of rotatable bonds is 5. The van der Waals surface area contributed by atoms with Crippen LogP contribution in [0.2, 0.25) is 0 Å². The number of carbonyl (C=O) groups is 4. The normalized spacial score (nSPS) is 9.76. The molecule has 9 heteroatoms. The van der Waals surface area contributed by atoms with E-state index in [1.54, 1.807) is 18.2 Å². The molecule has 124 valence electrons. The second-order valence-electron chi connectivity index (χ2n) is 4.68. The summed E-state index contributed by atoms with van der Waals surface area (Å²) in [5.41, 5.74) is -3.68. The maximum atomic E-state index is 11.6. The number of carboxylic acids is 4. The molecular formula is C16H11NaO8. The molecule has 8 nitrogen and oxygen atoms in total. The Balaban J connectivity index is 0.00000312. The van der Waals surface area contributed by atoms with Gasteiger partial charge < -0.3 is 21.9 Å². The van der Waals surface area contributed by atoms with Crippen molar-refractivity contribution in [2.45, 2.75) is 0 Å². The molecule has 0 fully saturated rings. The molecular weight excluding hydrogens is 343 g/mol. The summed E-state index contributed by atoms with van der Waals surface area (Å²) in [5, 5.41) is 37.1. The monoisotopic (exact) mass is 354 g/mol. The van der Waals surface area contributed by atoms with Crippen molar-refractivity contribution in [3.05, 3.63) is 58.7 Å². The molecule has 2 aromatic carbocycles. The predicted molar refractivity (Wildman–Crippen MR) is 80.8 cm³/mol. The molecule has 0 aliphatic heterocycles. The second kappa shape index (κ2) is 7.93. The van der Waals surface area contributed by atoms with E-state index in [1.165, 1.54) is 12.1 Å². The second-order valence-corrected chi connectivity index (χ2v) is 4.68. The Morgan fingerprint density at radius 1 is 0.680 bits per heavy atom. The molecule has 0 unspecified atom stereocenters. The van der Waals surface area contributed by atoms with Gasteiger partial charge in [0.2, 0.25) is 0 Å². The molecule has 25 heavy (non-hydrogen) atoms. The quantitative estimate of drug-likeness (QED) is 0.513. The Morgan fingerprint density at radius 3 is 1.56 bits per heavy atom. The minimum absolute atomic E-state index is 0.